The van der Waals surface area contributed by atoms with E-state index in [2.05, 4.69) is 0 Å². The van der Waals surface area contributed by atoms with Gasteiger partial charge in [0.25, 0.3) is 0 Å². The van der Waals surface area contributed by atoms with Crippen LogP contribution in [-0.4, -0.2) is 20.2 Å². The van der Waals surface area contributed by atoms with E-state index in [1.54, 1.807) is 44.2 Å². The molecule has 0 radical (unpaired) electrons. The van der Waals surface area contributed by atoms with Crippen molar-refractivity contribution in [2.45, 2.75) is 20.8 Å². The van der Waals surface area contributed by atoms with Gasteiger partial charge in [-0.3, -0.25) is 0 Å². The molecule has 0 saturated carbocycles. The standard InChI is InChI=1S/C16H19O4P.Li.H/c1-11-9-12(2)15(13(3)10-11)16(17)21(18,19,20)14-7-5-4-6-8-14;;/h4-10,18-20H,1-3H3;;/q;+1;-1. The van der Waals surface area contributed by atoms with Crippen molar-refractivity contribution < 1.29 is 39.8 Å². The SMILES string of the molecule is Cc1cc(C)c(C(=O)P(O)(O)(O)c2ccccc2)c(C)c1.[H-].[Li+]. The first-order chi connectivity index (χ1) is 9.62. The monoisotopic (exact) mass is 314 g/mol. The molecule has 0 aliphatic heterocycles. The Morgan fingerprint density at radius 1 is 0.955 bits per heavy atom. The molecule has 0 aliphatic carbocycles. The second-order valence-corrected chi connectivity index (χ2v) is 8.28. The van der Waals surface area contributed by atoms with Crippen molar-refractivity contribution in [2.75, 3.05) is 0 Å². The maximum atomic E-state index is 12.6. The van der Waals surface area contributed by atoms with Gasteiger partial charge >= 0.3 is 142 Å². The van der Waals surface area contributed by atoms with Crippen LogP contribution in [0.3, 0.4) is 0 Å². The fourth-order valence-corrected chi connectivity index (χ4v) is 4.26. The number of aryl methyl sites for hydroxylation is 3. The summed E-state index contributed by atoms with van der Waals surface area (Å²) in [7, 11) is -5.63. The van der Waals surface area contributed by atoms with Gasteiger partial charge in [0.2, 0.25) is 0 Å². The third kappa shape index (κ3) is 3.34. The van der Waals surface area contributed by atoms with Crippen LogP contribution >= 0.6 is 7.28 Å². The van der Waals surface area contributed by atoms with Crippen LogP contribution in [0.25, 0.3) is 0 Å². The molecule has 2 rings (SSSR count). The van der Waals surface area contributed by atoms with Crippen LogP contribution in [0.1, 0.15) is 28.5 Å². The van der Waals surface area contributed by atoms with Crippen molar-refractivity contribution in [3.05, 3.63) is 64.7 Å². The van der Waals surface area contributed by atoms with Gasteiger partial charge in [0, 0.05) is 0 Å². The molecule has 0 heterocycles. The summed E-state index contributed by atoms with van der Waals surface area (Å²) in [5.74, 6) is 0. The maximum Gasteiger partial charge on any atom is 1.00 e. The topological polar surface area (TPSA) is 77.8 Å². The van der Waals surface area contributed by atoms with E-state index in [0.717, 1.165) is 5.56 Å². The van der Waals surface area contributed by atoms with Gasteiger partial charge in [0.15, 0.2) is 0 Å². The Morgan fingerprint density at radius 2 is 1.41 bits per heavy atom. The van der Waals surface area contributed by atoms with Gasteiger partial charge in [-0.15, -0.1) is 0 Å². The van der Waals surface area contributed by atoms with E-state index in [1.165, 1.54) is 12.1 Å². The molecule has 22 heavy (non-hydrogen) atoms. The fourth-order valence-electron chi connectivity index (χ4n) is 2.54. The molecule has 4 nitrogen and oxygen atoms in total. The summed E-state index contributed by atoms with van der Waals surface area (Å²) in [6.45, 7) is 5.32. The van der Waals surface area contributed by atoms with Crippen molar-refractivity contribution in [1.29, 1.82) is 0 Å². The summed E-state index contributed by atoms with van der Waals surface area (Å²) in [6.07, 6.45) is 0. The number of hydrogen-bond donors (Lipinski definition) is 3. The van der Waals surface area contributed by atoms with Crippen molar-refractivity contribution in [2.24, 2.45) is 0 Å². The molecule has 0 fully saturated rings. The van der Waals surface area contributed by atoms with E-state index in [0.29, 0.717) is 11.1 Å². The summed E-state index contributed by atoms with van der Waals surface area (Å²) < 4.78 is 0. The molecule has 2 aromatic rings. The average Bonchev–Trinajstić information content (AvgIpc) is 2.38. The predicted octanol–water partition coefficient (Wildman–Crippen LogP) is -0.531. The summed E-state index contributed by atoms with van der Waals surface area (Å²) in [5.41, 5.74) is 1.33. The predicted molar refractivity (Wildman–Crippen MR) is 85.7 cm³/mol. The van der Waals surface area contributed by atoms with Crippen LogP contribution < -0.4 is 24.2 Å². The Balaban J connectivity index is 0.00000242. The quantitative estimate of drug-likeness (QED) is 0.526. The first-order valence-electron chi connectivity index (χ1n) is 6.57. The van der Waals surface area contributed by atoms with Crippen molar-refractivity contribution in [3.63, 3.8) is 0 Å². The van der Waals surface area contributed by atoms with Gasteiger partial charge in [-0.1, -0.05) is 0 Å². The van der Waals surface area contributed by atoms with E-state index >= 15 is 0 Å². The van der Waals surface area contributed by atoms with Crippen LogP contribution in [-0.2, 0) is 0 Å². The minimum absolute atomic E-state index is 0. The van der Waals surface area contributed by atoms with E-state index < -0.39 is 12.8 Å². The van der Waals surface area contributed by atoms with E-state index in [9.17, 15) is 19.5 Å². The first-order valence-corrected chi connectivity index (χ1v) is 8.66. The van der Waals surface area contributed by atoms with Gasteiger partial charge in [-0.2, -0.15) is 0 Å². The van der Waals surface area contributed by atoms with E-state index in [-0.39, 0.29) is 31.2 Å². The summed E-state index contributed by atoms with van der Waals surface area (Å²) in [5, 5.41) is -0.159. The Bertz CT molecular complexity index is 688. The largest absolute Gasteiger partial charge is 1.00 e. The van der Waals surface area contributed by atoms with Crippen LogP contribution in [0.2, 0.25) is 0 Å². The Hall–Kier alpha value is -0.983. The molecule has 0 aliphatic rings. The Labute approximate surface area is 143 Å². The zero-order chi connectivity index (χ0) is 15.9. The zero-order valence-electron chi connectivity index (χ0n) is 14.2. The Kier molecular flexibility index (Phi) is 5.42. The molecule has 0 amide bonds. The summed E-state index contributed by atoms with van der Waals surface area (Å²) >= 11 is 0. The number of rotatable bonds is 3. The number of carbonyl (C=O) groups excluding carboxylic acids is 1. The normalized spacial score (nSPS) is 12.9. The first kappa shape index (κ1) is 19.1. The van der Waals surface area contributed by atoms with Gasteiger partial charge in [0.05, 0.1) is 0 Å². The van der Waals surface area contributed by atoms with Crippen LogP contribution in [0.4, 0.5) is 0 Å². The molecule has 2 aromatic carbocycles. The van der Waals surface area contributed by atoms with Crippen molar-refractivity contribution in [3.8, 4) is 0 Å². The number of benzene rings is 2. The molecule has 0 bridgehead atoms. The molecule has 0 unspecified atom stereocenters. The molecule has 0 atom stereocenters. The second kappa shape index (κ2) is 6.26. The second-order valence-electron chi connectivity index (χ2n) is 5.39. The van der Waals surface area contributed by atoms with Gasteiger partial charge < -0.3 is 1.43 Å². The average molecular weight is 314 g/mol. The van der Waals surface area contributed by atoms with Gasteiger partial charge in [-0.25, -0.2) is 0 Å². The molecule has 0 saturated heterocycles. The third-order valence-corrected chi connectivity index (χ3v) is 5.72. The van der Waals surface area contributed by atoms with Crippen LogP contribution in [0, 0.1) is 20.8 Å². The van der Waals surface area contributed by atoms with Crippen molar-refractivity contribution >= 4 is 18.1 Å². The fraction of sp³-hybridized carbons (Fsp3) is 0.188. The minimum Gasteiger partial charge on any atom is -1.00 e. The summed E-state index contributed by atoms with van der Waals surface area (Å²) in [6, 6.07) is 11.0. The molecule has 0 spiro atoms. The van der Waals surface area contributed by atoms with Crippen LogP contribution in [0.15, 0.2) is 42.5 Å². The molecule has 114 valence electrons. The summed E-state index contributed by atoms with van der Waals surface area (Å²) in [4.78, 5) is 43.8. The van der Waals surface area contributed by atoms with Gasteiger partial charge in [-0.05, 0) is 0 Å². The maximum absolute atomic E-state index is 12.6. The van der Waals surface area contributed by atoms with E-state index in [1.807, 2.05) is 6.92 Å². The van der Waals surface area contributed by atoms with Crippen LogP contribution in [0.5, 0.6) is 0 Å². The Morgan fingerprint density at radius 3 is 1.86 bits per heavy atom. The van der Waals surface area contributed by atoms with Gasteiger partial charge in [0.1, 0.15) is 0 Å². The van der Waals surface area contributed by atoms with Crippen molar-refractivity contribution in [1.82, 2.24) is 0 Å². The molecule has 0 aromatic heterocycles. The number of carbonyl (C=O) groups is 1. The smallest absolute Gasteiger partial charge is 1.00 e. The zero-order valence-corrected chi connectivity index (χ0v) is 14.1. The number of hydrogen-bond acceptors (Lipinski definition) is 4. The molecular weight excluding hydrogens is 294 g/mol. The molecular formula is C16H20LiO4P. The minimum atomic E-state index is -5.63. The third-order valence-electron chi connectivity index (χ3n) is 3.50. The molecule has 3 N–H and O–H groups in total. The van der Waals surface area contributed by atoms with E-state index in [4.69, 9.17) is 0 Å². The molecule has 6 heteroatoms.